The summed E-state index contributed by atoms with van der Waals surface area (Å²) in [6.07, 6.45) is 1.57. The summed E-state index contributed by atoms with van der Waals surface area (Å²) in [4.78, 5) is 30.7. The number of carbonyl (C=O) groups excluding carboxylic acids is 1. The van der Waals surface area contributed by atoms with Crippen LogP contribution in [-0.4, -0.2) is 32.7 Å². The lowest BCUT2D eigenvalue weighted by Gasteiger charge is -2.21. The highest BCUT2D eigenvalue weighted by Gasteiger charge is 2.20. The maximum absolute atomic E-state index is 13.5. The molecule has 0 aliphatic heterocycles. The molecule has 0 unspecified atom stereocenters. The van der Waals surface area contributed by atoms with Crippen LogP contribution < -0.4 is 15.6 Å². The molecule has 1 amide bonds. The minimum atomic E-state index is -0.358. The molecule has 0 spiro atoms. The zero-order valence-electron chi connectivity index (χ0n) is 18.2. The SMILES string of the molecule is COc1ccc(Cn2cnc3c4ccccc4n(CC(=O)NC(C)(C)C)c3c2=O)cc1. The number of benzene rings is 2. The third-order valence-electron chi connectivity index (χ3n) is 5.06. The summed E-state index contributed by atoms with van der Waals surface area (Å²) in [5, 5.41) is 3.83. The van der Waals surface area contributed by atoms with Gasteiger partial charge in [0.05, 0.1) is 25.5 Å². The van der Waals surface area contributed by atoms with Gasteiger partial charge in [0.25, 0.3) is 5.56 Å². The number of ether oxygens (including phenoxy) is 1. The van der Waals surface area contributed by atoms with Gasteiger partial charge in [-0.25, -0.2) is 4.98 Å². The Morgan fingerprint density at radius 3 is 2.48 bits per heavy atom. The van der Waals surface area contributed by atoms with Crippen molar-refractivity contribution in [3.05, 3.63) is 70.8 Å². The fourth-order valence-corrected chi connectivity index (χ4v) is 3.75. The molecule has 0 aliphatic carbocycles. The van der Waals surface area contributed by atoms with Gasteiger partial charge in [-0.15, -0.1) is 0 Å². The largest absolute Gasteiger partial charge is 0.497 e. The fraction of sp³-hybridized carbons (Fsp3) is 0.292. The van der Waals surface area contributed by atoms with Crippen LogP contribution in [0, 0.1) is 0 Å². The lowest BCUT2D eigenvalue weighted by molar-refractivity contribution is -0.122. The monoisotopic (exact) mass is 418 g/mol. The lowest BCUT2D eigenvalue weighted by atomic mass is 10.1. The van der Waals surface area contributed by atoms with E-state index in [4.69, 9.17) is 4.74 Å². The first-order valence-corrected chi connectivity index (χ1v) is 10.2. The van der Waals surface area contributed by atoms with E-state index in [1.54, 1.807) is 22.6 Å². The Labute approximate surface area is 180 Å². The first-order chi connectivity index (χ1) is 14.8. The van der Waals surface area contributed by atoms with Gasteiger partial charge in [0.15, 0.2) is 0 Å². The quantitative estimate of drug-likeness (QED) is 0.539. The predicted octanol–water partition coefficient (Wildman–Crippen LogP) is 3.32. The number of methoxy groups -OCH3 is 1. The molecule has 2 aromatic heterocycles. The second-order valence-electron chi connectivity index (χ2n) is 8.62. The molecule has 2 aromatic carbocycles. The second kappa shape index (κ2) is 7.91. The molecular formula is C24H26N4O3. The van der Waals surface area contributed by atoms with Crippen LogP contribution in [0.15, 0.2) is 59.7 Å². The molecule has 2 heterocycles. The number of hydrogen-bond acceptors (Lipinski definition) is 4. The van der Waals surface area contributed by atoms with E-state index in [-0.39, 0.29) is 23.6 Å². The highest BCUT2D eigenvalue weighted by Crippen LogP contribution is 2.25. The van der Waals surface area contributed by atoms with Crippen LogP contribution >= 0.6 is 0 Å². The van der Waals surface area contributed by atoms with Crippen molar-refractivity contribution in [2.75, 3.05) is 7.11 Å². The van der Waals surface area contributed by atoms with Crippen molar-refractivity contribution >= 4 is 27.8 Å². The van der Waals surface area contributed by atoms with Crippen LogP contribution in [0.2, 0.25) is 0 Å². The van der Waals surface area contributed by atoms with Gasteiger partial charge in [-0.3, -0.25) is 14.2 Å². The number of aromatic nitrogens is 3. The molecule has 1 N–H and O–H groups in total. The van der Waals surface area contributed by atoms with Crippen molar-refractivity contribution in [1.29, 1.82) is 0 Å². The van der Waals surface area contributed by atoms with Crippen molar-refractivity contribution < 1.29 is 9.53 Å². The van der Waals surface area contributed by atoms with E-state index in [2.05, 4.69) is 10.3 Å². The van der Waals surface area contributed by atoms with Gasteiger partial charge in [0.2, 0.25) is 5.91 Å². The average Bonchev–Trinajstić information content (AvgIpc) is 3.03. The first kappa shape index (κ1) is 20.7. The number of para-hydroxylation sites is 1. The number of hydrogen-bond donors (Lipinski definition) is 1. The third-order valence-corrected chi connectivity index (χ3v) is 5.06. The molecule has 7 nitrogen and oxygen atoms in total. The molecule has 7 heteroatoms. The van der Waals surface area contributed by atoms with E-state index >= 15 is 0 Å². The molecule has 0 radical (unpaired) electrons. The number of nitrogens with one attached hydrogen (secondary N) is 1. The number of amides is 1. The van der Waals surface area contributed by atoms with E-state index in [0.29, 0.717) is 17.6 Å². The fourth-order valence-electron chi connectivity index (χ4n) is 3.75. The third kappa shape index (κ3) is 4.17. The van der Waals surface area contributed by atoms with E-state index in [0.717, 1.165) is 22.2 Å². The number of rotatable bonds is 5. The van der Waals surface area contributed by atoms with Gasteiger partial charge in [-0.2, -0.15) is 0 Å². The molecule has 4 rings (SSSR count). The van der Waals surface area contributed by atoms with E-state index in [9.17, 15) is 9.59 Å². The molecule has 0 atom stereocenters. The Morgan fingerprint density at radius 2 is 1.81 bits per heavy atom. The summed E-state index contributed by atoms with van der Waals surface area (Å²) in [6, 6.07) is 15.2. The van der Waals surface area contributed by atoms with Crippen LogP contribution in [0.1, 0.15) is 26.3 Å². The number of carbonyl (C=O) groups is 1. The summed E-state index contributed by atoms with van der Waals surface area (Å²) < 4.78 is 8.54. The first-order valence-electron chi connectivity index (χ1n) is 10.2. The minimum absolute atomic E-state index is 0.0464. The van der Waals surface area contributed by atoms with Crippen LogP contribution in [0.3, 0.4) is 0 Å². The number of fused-ring (bicyclic) bond motifs is 3. The normalized spacial score (nSPS) is 11.7. The van der Waals surface area contributed by atoms with Gasteiger partial charge in [0, 0.05) is 10.9 Å². The zero-order chi connectivity index (χ0) is 22.2. The highest BCUT2D eigenvalue weighted by atomic mass is 16.5. The number of nitrogens with zero attached hydrogens (tertiary/aromatic N) is 3. The average molecular weight is 418 g/mol. The van der Waals surface area contributed by atoms with Crippen LogP contribution in [0.5, 0.6) is 5.75 Å². The maximum atomic E-state index is 13.5. The van der Waals surface area contributed by atoms with Gasteiger partial charge < -0.3 is 14.6 Å². The van der Waals surface area contributed by atoms with Crippen molar-refractivity contribution in [3.63, 3.8) is 0 Å². The lowest BCUT2D eigenvalue weighted by Crippen LogP contribution is -2.42. The summed E-state index contributed by atoms with van der Waals surface area (Å²) >= 11 is 0. The molecular weight excluding hydrogens is 392 g/mol. The van der Waals surface area contributed by atoms with Crippen LogP contribution in [0.25, 0.3) is 21.9 Å². The van der Waals surface area contributed by atoms with E-state index in [1.165, 1.54) is 0 Å². The van der Waals surface area contributed by atoms with Crippen LogP contribution in [-0.2, 0) is 17.9 Å². The molecule has 0 saturated heterocycles. The summed E-state index contributed by atoms with van der Waals surface area (Å²) in [7, 11) is 1.62. The molecule has 0 fully saturated rings. The highest BCUT2D eigenvalue weighted by molar-refractivity contribution is 6.06. The van der Waals surface area contributed by atoms with Crippen molar-refractivity contribution in [2.45, 2.75) is 39.4 Å². The van der Waals surface area contributed by atoms with Gasteiger partial charge in [-0.1, -0.05) is 30.3 Å². The van der Waals surface area contributed by atoms with Crippen molar-refractivity contribution in [3.8, 4) is 5.75 Å². The predicted molar refractivity (Wildman–Crippen MR) is 121 cm³/mol. The van der Waals surface area contributed by atoms with Gasteiger partial charge >= 0.3 is 0 Å². The summed E-state index contributed by atoms with van der Waals surface area (Å²) in [5.74, 6) is 0.606. The van der Waals surface area contributed by atoms with Crippen molar-refractivity contribution in [1.82, 2.24) is 19.4 Å². The van der Waals surface area contributed by atoms with E-state index in [1.807, 2.05) is 69.3 Å². The van der Waals surface area contributed by atoms with Crippen molar-refractivity contribution in [2.24, 2.45) is 0 Å². The zero-order valence-corrected chi connectivity index (χ0v) is 18.2. The molecule has 0 bridgehead atoms. The Balaban J connectivity index is 1.81. The molecule has 0 saturated carbocycles. The van der Waals surface area contributed by atoms with E-state index < -0.39 is 0 Å². The van der Waals surface area contributed by atoms with Crippen LogP contribution in [0.4, 0.5) is 0 Å². The summed E-state index contributed by atoms with van der Waals surface area (Å²) in [5.41, 5.74) is 2.27. The molecule has 4 aromatic rings. The van der Waals surface area contributed by atoms with Gasteiger partial charge in [-0.05, 0) is 44.5 Å². The second-order valence-corrected chi connectivity index (χ2v) is 8.62. The molecule has 160 valence electrons. The smallest absolute Gasteiger partial charge is 0.278 e. The Morgan fingerprint density at radius 1 is 1.10 bits per heavy atom. The standard InChI is InChI=1S/C24H26N4O3/c1-24(2,3)26-20(29)14-28-19-8-6-5-7-18(19)21-22(28)23(30)27(15-25-21)13-16-9-11-17(31-4)12-10-16/h5-12,15H,13-14H2,1-4H3,(H,26,29). The molecule has 0 aliphatic rings. The Hall–Kier alpha value is -3.61. The topological polar surface area (TPSA) is 78.2 Å². The summed E-state index contributed by atoms with van der Waals surface area (Å²) in [6.45, 7) is 6.22. The Kier molecular flexibility index (Phi) is 5.27. The molecule has 31 heavy (non-hydrogen) atoms. The maximum Gasteiger partial charge on any atom is 0.278 e. The van der Waals surface area contributed by atoms with Gasteiger partial charge in [0.1, 0.15) is 23.3 Å². The Bertz CT molecular complexity index is 1310. The minimum Gasteiger partial charge on any atom is -0.497 e.